The summed E-state index contributed by atoms with van der Waals surface area (Å²) in [6.07, 6.45) is 5.00. The molecule has 13 heteroatoms. The number of amides is 2. The van der Waals surface area contributed by atoms with Gasteiger partial charge in [0.05, 0.1) is 42.9 Å². The topological polar surface area (TPSA) is 151 Å². The Kier molecular flexibility index (Phi) is 10.7. The van der Waals surface area contributed by atoms with E-state index in [1.54, 1.807) is 32.7 Å². The second-order valence-electron chi connectivity index (χ2n) is 12.3. The lowest BCUT2D eigenvalue weighted by molar-refractivity contribution is -0.119. The fourth-order valence-corrected chi connectivity index (χ4v) is 6.61. The highest BCUT2D eigenvalue weighted by atomic mass is 35.5. The van der Waals surface area contributed by atoms with Crippen LogP contribution in [0.25, 0.3) is 22.5 Å². The van der Waals surface area contributed by atoms with Gasteiger partial charge in [-0.2, -0.15) is 0 Å². The molecule has 49 heavy (non-hydrogen) atoms. The third-order valence-electron chi connectivity index (χ3n) is 8.97. The van der Waals surface area contributed by atoms with Crippen LogP contribution in [0.5, 0.6) is 11.6 Å². The Bertz CT molecular complexity index is 1850. The monoisotopic (exact) mass is 685 g/mol. The van der Waals surface area contributed by atoms with Crippen LogP contribution in [0.15, 0.2) is 54.9 Å². The highest BCUT2D eigenvalue weighted by Gasteiger charge is 2.24. The van der Waals surface area contributed by atoms with Gasteiger partial charge in [0, 0.05) is 79.3 Å². The Morgan fingerprint density at radius 1 is 1.10 bits per heavy atom. The minimum absolute atomic E-state index is 0.0894. The van der Waals surface area contributed by atoms with E-state index in [1.165, 1.54) is 0 Å². The number of benzene rings is 1. The maximum atomic E-state index is 13.4. The Morgan fingerprint density at radius 3 is 2.69 bits per heavy atom. The molecule has 1 aromatic carbocycles. The Morgan fingerprint density at radius 2 is 1.96 bits per heavy atom. The lowest BCUT2D eigenvalue weighted by Gasteiger charge is -2.18. The molecule has 4 N–H and O–H groups in total. The van der Waals surface area contributed by atoms with Crippen molar-refractivity contribution < 1.29 is 24.2 Å². The third kappa shape index (κ3) is 7.83. The zero-order valence-corrected chi connectivity index (χ0v) is 28.5. The summed E-state index contributed by atoms with van der Waals surface area (Å²) in [5.74, 6) is 0.790. The highest BCUT2D eigenvalue weighted by Crippen LogP contribution is 2.38. The summed E-state index contributed by atoms with van der Waals surface area (Å²) in [5, 5.41) is 19.7. The summed E-state index contributed by atoms with van der Waals surface area (Å²) in [6.45, 7) is 4.99. The summed E-state index contributed by atoms with van der Waals surface area (Å²) in [6, 6.07) is 13.1. The first-order chi connectivity index (χ1) is 23.7. The molecular weight excluding hydrogens is 646 g/mol. The molecule has 12 nitrogen and oxygen atoms in total. The predicted molar refractivity (Wildman–Crippen MR) is 187 cm³/mol. The molecule has 0 saturated carbocycles. The number of halogens is 1. The van der Waals surface area contributed by atoms with Gasteiger partial charge in [-0.3, -0.25) is 19.5 Å². The average Bonchev–Trinajstić information content (AvgIpc) is 3.72. The number of pyridine rings is 3. The molecule has 0 unspecified atom stereocenters. The molecule has 0 spiro atoms. The van der Waals surface area contributed by atoms with Gasteiger partial charge in [0.15, 0.2) is 0 Å². The second kappa shape index (κ2) is 15.3. The number of aromatic nitrogens is 3. The van der Waals surface area contributed by atoms with Crippen LogP contribution in [0.2, 0.25) is 5.02 Å². The maximum Gasteiger partial charge on any atom is 0.274 e. The number of carbonyl (C=O) groups excluding carboxylic acids is 2. The van der Waals surface area contributed by atoms with Crippen molar-refractivity contribution in [2.75, 3.05) is 39.2 Å². The van der Waals surface area contributed by atoms with Gasteiger partial charge in [-0.05, 0) is 49.6 Å². The number of anilines is 1. The van der Waals surface area contributed by atoms with Crippen LogP contribution in [-0.4, -0.2) is 82.8 Å². The normalized spacial score (nSPS) is 17.6. The summed E-state index contributed by atoms with van der Waals surface area (Å²) in [7, 11) is 3.15. The maximum absolute atomic E-state index is 13.4. The summed E-state index contributed by atoms with van der Waals surface area (Å²) in [4.78, 5) is 40.8. The van der Waals surface area contributed by atoms with Gasteiger partial charge >= 0.3 is 0 Å². The number of methoxy groups -OCH3 is 2. The summed E-state index contributed by atoms with van der Waals surface area (Å²) >= 11 is 7.01. The smallest absolute Gasteiger partial charge is 0.274 e. The van der Waals surface area contributed by atoms with Gasteiger partial charge in [-0.15, -0.1) is 0 Å². The number of rotatable bonds is 12. The first kappa shape index (κ1) is 34.3. The van der Waals surface area contributed by atoms with Gasteiger partial charge in [-0.1, -0.05) is 29.8 Å². The Balaban J connectivity index is 1.20. The third-order valence-corrected chi connectivity index (χ3v) is 9.35. The lowest BCUT2D eigenvalue weighted by Crippen LogP contribution is -2.35. The number of aliphatic hydroxyl groups excluding tert-OH is 1. The van der Waals surface area contributed by atoms with Gasteiger partial charge in [0.25, 0.3) is 5.91 Å². The standard InChI is InChI=1S/C36H40ClN7O5/c1-21-26(5-4-6-28(21)42-35(47)30-15-23(31(48-2)18-40-30)19-44-14-12-25(45)20-44)34-33(37)27(11-13-39-34)29-9-7-22(36(43-29)49-3)16-38-17-24-8-10-32(46)41-24/h4-7,9,11,13,15,18,24-25,38,45H,8,10,12,14,16-17,19-20H2,1-3H3,(H,41,46)(H,42,47)/t24-,25-/m1/s1. The average molecular weight is 686 g/mol. The molecule has 0 aliphatic carbocycles. The molecule has 2 aliphatic heterocycles. The fraction of sp³-hybridized carbons (Fsp3) is 0.361. The van der Waals surface area contributed by atoms with Crippen LogP contribution < -0.4 is 25.4 Å². The van der Waals surface area contributed by atoms with Crippen molar-refractivity contribution in [1.29, 1.82) is 0 Å². The van der Waals surface area contributed by atoms with E-state index < -0.39 is 0 Å². The fourth-order valence-electron chi connectivity index (χ4n) is 6.30. The molecule has 4 aromatic rings. The minimum atomic E-state index is -0.364. The van der Waals surface area contributed by atoms with E-state index in [2.05, 4.69) is 30.8 Å². The number of carbonyl (C=O) groups is 2. The van der Waals surface area contributed by atoms with Gasteiger partial charge in [0.2, 0.25) is 11.8 Å². The van der Waals surface area contributed by atoms with Crippen molar-refractivity contribution in [3.05, 3.63) is 82.3 Å². The first-order valence-electron chi connectivity index (χ1n) is 16.3. The number of nitrogens with one attached hydrogen (secondary N) is 3. The Hall–Kier alpha value is -4.62. The van der Waals surface area contributed by atoms with Crippen molar-refractivity contribution in [2.45, 2.75) is 51.4 Å². The van der Waals surface area contributed by atoms with Gasteiger partial charge in [-0.25, -0.2) is 9.97 Å². The van der Waals surface area contributed by atoms with Gasteiger partial charge in [0.1, 0.15) is 11.4 Å². The van der Waals surface area contributed by atoms with E-state index >= 15 is 0 Å². The summed E-state index contributed by atoms with van der Waals surface area (Å²) in [5.41, 5.74) is 5.97. The molecule has 2 amide bonds. The molecule has 2 fully saturated rings. The number of hydrogen-bond acceptors (Lipinski definition) is 10. The number of nitrogens with zero attached hydrogens (tertiary/aromatic N) is 4. The molecule has 2 saturated heterocycles. The van der Waals surface area contributed by atoms with Crippen molar-refractivity contribution in [3.8, 4) is 34.1 Å². The SMILES string of the molecule is COc1cnc(C(=O)Nc2cccc(-c3nccc(-c4ccc(CNC[C@H]5CCC(=O)N5)c(OC)n4)c3Cl)c2C)cc1CN1CC[C@@H](O)C1. The molecule has 0 bridgehead atoms. The van der Waals surface area contributed by atoms with E-state index in [0.717, 1.165) is 41.6 Å². The van der Waals surface area contributed by atoms with Crippen LogP contribution in [0, 0.1) is 6.92 Å². The van der Waals surface area contributed by atoms with E-state index in [1.807, 2.05) is 43.3 Å². The zero-order chi connectivity index (χ0) is 34.5. The summed E-state index contributed by atoms with van der Waals surface area (Å²) < 4.78 is 11.1. The van der Waals surface area contributed by atoms with E-state index in [9.17, 15) is 14.7 Å². The van der Waals surface area contributed by atoms with Crippen LogP contribution in [0.3, 0.4) is 0 Å². The van der Waals surface area contributed by atoms with Crippen molar-refractivity contribution in [1.82, 2.24) is 30.5 Å². The number of aliphatic hydroxyl groups is 1. The van der Waals surface area contributed by atoms with Crippen LogP contribution >= 0.6 is 11.6 Å². The quantitative estimate of drug-likeness (QED) is 0.169. The van der Waals surface area contributed by atoms with Crippen molar-refractivity contribution in [2.24, 2.45) is 0 Å². The number of β-amino-alcohol motifs (C(OH)–C–C–N with tert-alkyl or cyclic N) is 1. The van der Waals surface area contributed by atoms with Crippen LogP contribution in [0.1, 0.15) is 46.4 Å². The molecule has 0 radical (unpaired) electrons. The molecule has 2 atom stereocenters. The predicted octanol–water partition coefficient (Wildman–Crippen LogP) is 4.37. The molecule has 256 valence electrons. The molecular formula is C36H40ClN7O5. The Labute approximate surface area is 290 Å². The van der Waals surface area contributed by atoms with Crippen LogP contribution in [0.4, 0.5) is 5.69 Å². The zero-order valence-electron chi connectivity index (χ0n) is 27.8. The largest absolute Gasteiger partial charge is 0.495 e. The second-order valence-corrected chi connectivity index (χ2v) is 12.7. The van der Waals surface area contributed by atoms with Gasteiger partial charge < -0.3 is 30.5 Å². The van der Waals surface area contributed by atoms with Crippen molar-refractivity contribution >= 4 is 29.1 Å². The van der Waals surface area contributed by atoms with E-state index in [-0.39, 0.29) is 29.7 Å². The van der Waals surface area contributed by atoms with Crippen LogP contribution in [-0.2, 0) is 17.9 Å². The molecule has 5 heterocycles. The highest BCUT2D eigenvalue weighted by molar-refractivity contribution is 6.35. The number of ether oxygens (including phenoxy) is 2. The molecule has 3 aromatic heterocycles. The minimum Gasteiger partial charge on any atom is -0.495 e. The van der Waals surface area contributed by atoms with E-state index in [4.69, 9.17) is 26.1 Å². The van der Waals surface area contributed by atoms with Crippen molar-refractivity contribution in [3.63, 3.8) is 0 Å². The lowest BCUT2D eigenvalue weighted by atomic mass is 10.0. The van der Waals surface area contributed by atoms with E-state index in [0.29, 0.717) is 71.9 Å². The molecule has 2 aliphatic rings. The first-order valence-corrected chi connectivity index (χ1v) is 16.6. The number of hydrogen-bond donors (Lipinski definition) is 4. The number of likely N-dealkylation sites (tertiary alicyclic amines) is 1. The molecule has 6 rings (SSSR count).